The number of amides is 1. The first-order valence-corrected chi connectivity index (χ1v) is 10.4. The summed E-state index contributed by atoms with van der Waals surface area (Å²) in [6.07, 6.45) is -8.75. The first-order valence-electron chi connectivity index (χ1n) is 9.85. The number of ether oxygens (including phenoxy) is 2. The fourth-order valence-electron chi connectivity index (χ4n) is 2.48. The second-order valence-corrected chi connectivity index (χ2v) is 8.26. The summed E-state index contributed by atoms with van der Waals surface area (Å²) in [4.78, 5) is 59.6. The minimum Gasteiger partial charge on any atom is -0.448 e. The Bertz CT molecular complexity index is 883. The van der Waals surface area contributed by atoms with Gasteiger partial charge in [-0.3, -0.25) is 19.3 Å². The molecular formula is C21H25ClF3NO8. The maximum absolute atomic E-state index is 13.3. The van der Waals surface area contributed by atoms with Crippen LogP contribution in [-0.4, -0.2) is 54.0 Å². The molecule has 1 aromatic carbocycles. The van der Waals surface area contributed by atoms with Gasteiger partial charge in [0.25, 0.3) is 5.91 Å². The first kappa shape index (κ1) is 29.2. The van der Waals surface area contributed by atoms with Crippen LogP contribution in [0.25, 0.3) is 0 Å². The number of benzene rings is 1. The molecule has 0 fully saturated rings. The highest BCUT2D eigenvalue weighted by Gasteiger charge is 2.44. The van der Waals surface area contributed by atoms with Crippen molar-refractivity contribution in [3.05, 3.63) is 29.8 Å². The maximum Gasteiger partial charge on any atom is 0.416 e. The van der Waals surface area contributed by atoms with E-state index in [1.807, 2.05) is 0 Å². The van der Waals surface area contributed by atoms with E-state index in [4.69, 9.17) is 26.0 Å². The van der Waals surface area contributed by atoms with Gasteiger partial charge in [-0.25, -0.2) is 4.79 Å². The summed E-state index contributed by atoms with van der Waals surface area (Å²) < 4.78 is 48.6. The molecule has 0 aliphatic heterocycles. The van der Waals surface area contributed by atoms with Gasteiger partial charge in [0.1, 0.15) is 5.60 Å². The van der Waals surface area contributed by atoms with E-state index in [-0.39, 0.29) is 18.1 Å². The van der Waals surface area contributed by atoms with Crippen molar-refractivity contribution in [2.45, 2.75) is 58.6 Å². The van der Waals surface area contributed by atoms with E-state index in [2.05, 4.69) is 4.89 Å². The summed E-state index contributed by atoms with van der Waals surface area (Å²) in [6.45, 7) is 6.26. The highest BCUT2D eigenvalue weighted by atomic mass is 35.5. The van der Waals surface area contributed by atoms with Crippen molar-refractivity contribution in [3.63, 3.8) is 0 Å². The van der Waals surface area contributed by atoms with E-state index in [1.54, 1.807) is 20.8 Å². The van der Waals surface area contributed by atoms with E-state index in [0.717, 1.165) is 43.0 Å². The van der Waals surface area contributed by atoms with Gasteiger partial charge >= 0.3 is 24.1 Å². The largest absolute Gasteiger partial charge is 0.448 e. The van der Waals surface area contributed by atoms with E-state index >= 15 is 0 Å². The topological polar surface area (TPSA) is 108 Å². The van der Waals surface area contributed by atoms with E-state index in [9.17, 15) is 32.3 Å². The Morgan fingerprint density at radius 1 is 0.941 bits per heavy atom. The Balaban J connectivity index is 3.40. The molecule has 1 amide bonds. The van der Waals surface area contributed by atoms with Gasteiger partial charge in [0.05, 0.1) is 5.56 Å². The minimum atomic E-state index is -4.61. The van der Waals surface area contributed by atoms with Crippen LogP contribution in [0.2, 0.25) is 0 Å². The number of carbonyl (C=O) groups excluding carboxylic acids is 4. The summed E-state index contributed by atoms with van der Waals surface area (Å²) in [5.41, 5.74) is -1.98. The van der Waals surface area contributed by atoms with Crippen molar-refractivity contribution in [3.8, 4) is 0 Å². The van der Waals surface area contributed by atoms with Crippen LogP contribution in [0, 0.1) is 0 Å². The highest BCUT2D eigenvalue weighted by molar-refractivity contribution is 6.18. The van der Waals surface area contributed by atoms with Gasteiger partial charge in [-0.15, -0.1) is 11.6 Å². The molecule has 1 aromatic rings. The standard InChI is InChI=1S/C21H25ClF3NO8/c1-12(27)31-16(17(32-13(2)28)19(30)33-34-20(3,4)5)18(29)26(11-10-22)15-8-6-14(7-9-15)21(23,24)25/h6-9,16-17H,10-11H2,1-5H3/t16-,17-/m1/s1. The third-order valence-corrected chi connectivity index (χ3v) is 3.96. The third kappa shape index (κ3) is 9.18. The number of nitrogens with zero attached hydrogens (tertiary/aromatic N) is 1. The number of esters is 2. The number of hydrogen-bond acceptors (Lipinski definition) is 8. The van der Waals surface area contributed by atoms with Gasteiger partial charge in [-0.05, 0) is 45.0 Å². The third-order valence-electron chi connectivity index (χ3n) is 3.79. The molecule has 0 aromatic heterocycles. The van der Waals surface area contributed by atoms with Crippen LogP contribution in [-0.2, 0) is 44.6 Å². The van der Waals surface area contributed by atoms with Gasteiger partial charge < -0.3 is 14.4 Å². The smallest absolute Gasteiger partial charge is 0.416 e. The monoisotopic (exact) mass is 511 g/mol. The average Bonchev–Trinajstić information content (AvgIpc) is 2.71. The number of carbonyl (C=O) groups is 4. The number of alkyl halides is 4. The lowest BCUT2D eigenvalue weighted by atomic mass is 10.1. The van der Waals surface area contributed by atoms with Gasteiger partial charge in [-0.1, -0.05) is 0 Å². The molecule has 2 atom stereocenters. The van der Waals surface area contributed by atoms with Gasteiger partial charge in [0.15, 0.2) is 0 Å². The van der Waals surface area contributed by atoms with Gasteiger partial charge in [-0.2, -0.15) is 18.1 Å². The average molecular weight is 512 g/mol. The minimum absolute atomic E-state index is 0.0447. The number of anilines is 1. The zero-order valence-electron chi connectivity index (χ0n) is 19.1. The highest BCUT2D eigenvalue weighted by Crippen LogP contribution is 2.31. The molecule has 0 bridgehead atoms. The van der Waals surface area contributed by atoms with E-state index in [0.29, 0.717) is 0 Å². The van der Waals surface area contributed by atoms with Crippen molar-refractivity contribution < 1.29 is 51.6 Å². The lowest BCUT2D eigenvalue weighted by Crippen LogP contribution is -2.52. The van der Waals surface area contributed by atoms with E-state index in [1.165, 1.54) is 0 Å². The summed E-state index contributed by atoms with van der Waals surface area (Å²) >= 11 is 5.75. The molecule has 1 rings (SSSR count). The summed E-state index contributed by atoms with van der Waals surface area (Å²) in [6, 6.07) is 3.47. The van der Waals surface area contributed by atoms with Crippen LogP contribution >= 0.6 is 11.6 Å². The zero-order valence-corrected chi connectivity index (χ0v) is 19.9. The summed E-state index contributed by atoms with van der Waals surface area (Å²) in [5.74, 6) is -4.66. The SMILES string of the molecule is CC(=O)O[C@@H](C(=O)OOC(C)(C)C)[C@@H](OC(C)=O)C(=O)N(CCCl)c1ccc(C(F)(F)F)cc1. The molecule has 34 heavy (non-hydrogen) atoms. The second-order valence-electron chi connectivity index (χ2n) is 7.88. The molecule has 0 unspecified atom stereocenters. The number of halogens is 4. The van der Waals surface area contributed by atoms with Crippen LogP contribution in [0.5, 0.6) is 0 Å². The van der Waals surface area contributed by atoms with Crippen molar-refractivity contribution >= 4 is 41.1 Å². The predicted octanol–water partition coefficient (Wildman–Crippen LogP) is 3.41. The quantitative estimate of drug-likeness (QED) is 0.215. The zero-order chi connectivity index (χ0) is 26.3. The Labute approximate surface area is 198 Å². The van der Waals surface area contributed by atoms with Crippen molar-refractivity contribution in [1.29, 1.82) is 0 Å². The molecule has 0 heterocycles. The fourth-order valence-corrected chi connectivity index (χ4v) is 2.65. The molecular weight excluding hydrogens is 487 g/mol. The Hall–Kier alpha value is -2.86. The molecule has 0 aliphatic carbocycles. The molecule has 0 saturated heterocycles. The predicted molar refractivity (Wildman–Crippen MR) is 113 cm³/mol. The molecule has 0 aliphatic rings. The molecule has 0 saturated carbocycles. The fraction of sp³-hybridized carbons (Fsp3) is 0.524. The normalized spacial score (nSPS) is 13.4. The summed E-state index contributed by atoms with van der Waals surface area (Å²) in [7, 11) is 0. The lowest BCUT2D eigenvalue weighted by molar-refractivity contribution is -0.326. The number of rotatable bonds is 9. The molecule has 13 heteroatoms. The summed E-state index contributed by atoms with van der Waals surface area (Å²) in [5, 5.41) is 0. The first-order chi connectivity index (χ1) is 15.6. The Kier molecular flexibility index (Phi) is 10.3. The second kappa shape index (κ2) is 12.0. The Morgan fingerprint density at radius 3 is 1.85 bits per heavy atom. The van der Waals surface area contributed by atoms with Crippen LogP contribution in [0.4, 0.5) is 18.9 Å². The van der Waals surface area contributed by atoms with Crippen molar-refractivity contribution in [2.24, 2.45) is 0 Å². The van der Waals surface area contributed by atoms with Crippen LogP contribution in [0.15, 0.2) is 24.3 Å². The molecule has 0 N–H and O–H groups in total. The lowest BCUT2D eigenvalue weighted by Gasteiger charge is -2.30. The molecule has 0 radical (unpaired) electrons. The Morgan fingerprint density at radius 2 is 1.44 bits per heavy atom. The van der Waals surface area contributed by atoms with Gasteiger partial charge in [0, 0.05) is 32.0 Å². The maximum atomic E-state index is 13.3. The van der Waals surface area contributed by atoms with Crippen molar-refractivity contribution in [1.82, 2.24) is 0 Å². The van der Waals surface area contributed by atoms with E-state index < -0.39 is 53.4 Å². The number of hydrogen-bond donors (Lipinski definition) is 0. The molecule has 0 spiro atoms. The van der Waals surface area contributed by atoms with Crippen LogP contribution < -0.4 is 4.90 Å². The van der Waals surface area contributed by atoms with Crippen LogP contribution in [0.1, 0.15) is 40.2 Å². The molecule has 9 nitrogen and oxygen atoms in total. The molecule has 190 valence electrons. The van der Waals surface area contributed by atoms with Crippen LogP contribution in [0.3, 0.4) is 0 Å². The van der Waals surface area contributed by atoms with Crippen molar-refractivity contribution in [2.75, 3.05) is 17.3 Å². The van der Waals surface area contributed by atoms with Gasteiger partial charge in [0.2, 0.25) is 12.2 Å².